The summed E-state index contributed by atoms with van der Waals surface area (Å²) < 4.78 is 19.3. The number of piperidine rings is 1. The average molecular weight is 399 g/mol. The second-order valence-corrected chi connectivity index (χ2v) is 7.87. The van der Waals surface area contributed by atoms with Gasteiger partial charge in [-0.25, -0.2) is 4.39 Å². The number of ether oxygens (including phenoxy) is 1. The fourth-order valence-electron chi connectivity index (χ4n) is 4.06. The zero-order chi connectivity index (χ0) is 20.6. The van der Waals surface area contributed by atoms with E-state index in [1.54, 1.807) is 18.1 Å². The predicted molar refractivity (Wildman–Crippen MR) is 113 cm³/mol. The molecule has 1 saturated heterocycles. The summed E-state index contributed by atoms with van der Waals surface area (Å²) in [4.78, 5) is 17.1. The molecule has 0 aromatic heterocycles. The minimum absolute atomic E-state index is 0.000632. The number of hydrogen-bond acceptors (Lipinski definition) is 3. The van der Waals surface area contributed by atoms with E-state index in [-0.39, 0.29) is 11.7 Å². The van der Waals surface area contributed by atoms with E-state index in [2.05, 4.69) is 4.90 Å². The summed E-state index contributed by atoms with van der Waals surface area (Å²) in [5.74, 6) is 0.372. The second kappa shape index (κ2) is 10.5. The molecular formula is C24H31FN2O2. The van der Waals surface area contributed by atoms with Gasteiger partial charge in [0.2, 0.25) is 0 Å². The fraction of sp³-hybridized carbons (Fsp3) is 0.458. The van der Waals surface area contributed by atoms with Crippen molar-refractivity contribution >= 4 is 5.91 Å². The summed E-state index contributed by atoms with van der Waals surface area (Å²) >= 11 is 0. The summed E-state index contributed by atoms with van der Waals surface area (Å²) in [6.07, 6.45) is 2.29. The standard InChI is InChI=1S/C24H31FN2O2/c1-26(24(28)23(29-2)21-9-4-3-5-10-21)18-19-12-15-27(16-13-19)17-14-20-8-6-7-11-22(20)25/h3-11,19,23H,12-18H2,1-2H3. The van der Waals surface area contributed by atoms with Crippen LogP contribution >= 0.6 is 0 Å². The van der Waals surface area contributed by atoms with Gasteiger partial charge in [0.1, 0.15) is 5.82 Å². The van der Waals surface area contributed by atoms with E-state index in [0.717, 1.165) is 56.6 Å². The van der Waals surface area contributed by atoms with Crippen LogP contribution < -0.4 is 0 Å². The number of hydrogen-bond donors (Lipinski definition) is 0. The molecule has 156 valence electrons. The largest absolute Gasteiger partial charge is 0.367 e. The fourth-order valence-corrected chi connectivity index (χ4v) is 4.06. The molecule has 1 aliphatic rings. The van der Waals surface area contributed by atoms with Crippen molar-refractivity contribution in [3.63, 3.8) is 0 Å². The molecule has 2 aromatic rings. The molecular weight excluding hydrogens is 367 g/mol. The van der Waals surface area contributed by atoms with Crippen molar-refractivity contribution in [2.45, 2.75) is 25.4 Å². The number of likely N-dealkylation sites (N-methyl/N-ethyl adjacent to an activating group) is 1. The van der Waals surface area contributed by atoms with Gasteiger partial charge in [-0.15, -0.1) is 0 Å². The van der Waals surface area contributed by atoms with Crippen molar-refractivity contribution in [3.05, 3.63) is 71.5 Å². The van der Waals surface area contributed by atoms with E-state index in [9.17, 15) is 9.18 Å². The molecule has 1 aliphatic heterocycles. The number of amides is 1. The number of halogens is 1. The Bertz CT molecular complexity index is 775. The van der Waals surface area contributed by atoms with Gasteiger partial charge in [-0.2, -0.15) is 0 Å². The van der Waals surface area contributed by atoms with Crippen molar-refractivity contribution in [2.24, 2.45) is 5.92 Å². The average Bonchev–Trinajstić information content (AvgIpc) is 2.75. The van der Waals surface area contributed by atoms with Crippen LogP contribution in [0.5, 0.6) is 0 Å². The first-order valence-electron chi connectivity index (χ1n) is 10.4. The lowest BCUT2D eigenvalue weighted by molar-refractivity contribution is -0.141. The highest BCUT2D eigenvalue weighted by molar-refractivity contribution is 5.82. The van der Waals surface area contributed by atoms with Crippen LogP contribution in [-0.2, 0) is 16.0 Å². The van der Waals surface area contributed by atoms with Gasteiger partial charge in [0.15, 0.2) is 6.10 Å². The van der Waals surface area contributed by atoms with Crippen LogP contribution in [-0.4, -0.2) is 56.0 Å². The molecule has 0 radical (unpaired) electrons. The molecule has 1 fully saturated rings. The van der Waals surface area contributed by atoms with Crippen LogP contribution in [0.4, 0.5) is 4.39 Å². The summed E-state index contributed by atoms with van der Waals surface area (Å²) in [5.41, 5.74) is 1.67. The zero-order valence-corrected chi connectivity index (χ0v) is 17.4. The van der Waals surface area contributed by atoms with E-state index in [4.69, 9.17) is 4.74 Å². The Labute approximate surface area is 173 Å². The van der Waals surface area contributed by atoms with E-state index in [0.29, 0.717) is 5.92 Å². The highest BCUT2D eigenvalue weighted by Crippen LogP contribution is 2.22. The van der Waals surface area contributed by atoms with E-state index < -0.39 is 6.10 Å². The van der Waals surface area contributed by atoms with E-state index in [1.165, 1.54) is 6.07 Å². The Morgan fingerprint density at radius 2 is 1.79 bits per heavy atom. The van der Waals surface area contributed by atoms with Crippen LogP contribution in [0.15, 0.2) is 54.6 Å². The van der Waals surface area contributed by atoms with Crippen LogP contribution in [0.25, 0.3) is 0 Å². The number of benzene rings is 2. The minimum atomic E-state index is -0.554. The molecule has 1 unspecified atom stereocenters. The molecule has 1 heterocycles. The number of rotatable bonds is 8. The first-order chi connectivity index (χ1) is 14.1. The van der Waals surface area contributed by atoms with Crippen molar-refractivity contribution < 1.29 is 13.9 Å². The molecule has 1 atom stereocenters. The molecule has 2 aromatic carbocycles. The maximum Gasteiger partial charge on any atom is 0.256 e. The number of carbonyl (C=O) groups is 1. The monoisotopic (exact) mass is 398 g/mol. The molecule has 0 aliphatic carbocycles. The second-order valence-electron chi connectivity index (χ2n) is 7.87. The molecule has 5 heteroatoms. The summed E-state index contributed by atoms with van der Waals surface area (Å²) in [5, 5.41) is 0. The topological polar surface area (TPSA) is 32.8 Å². The first kappa shape index (κ1) is 21.5. The maximum absolute atomic E-state index is 13.8. The Morgan fingerprint density at radius 1 is 1.14 bits per heavy atom. The van der Waals surface area contributed by atoms with Crippen LogP contribution in [0, 0.1) is 11.7 Å². The third-order valence-corrected chi connectivity index (χ3v) is 5.83. The third kappa shape index (κ3) is 5.87. The van der Waals surface area contributed by atoms with Crippen molar-refractivity contribution in [1.29, 1.82) is 0 Å². The summed E-state index contributed by atoms with van der Waals surface area (Å²) in [6.45, 7) is 3.61. The molecule has 0 bridgehead atoms. The summed E-state index contributed by atoms with van der Waals surface area (Å²) in [6, 6.07) is 16.6. The number of likely N-dealkylation sites (tertiary alicyclic amines) is 1. The number of methoxy groups -OCH3 is 1. The SMILES string of the molecule is COC(C(=O)N(C)CC1CCN(CCc2ccccc2F)CC1)c1ccccc1. The third-order valence-electron chi connectivity index (χ3n) is 5.83. The molecule has 29 heavy (non-hydrogen) atoms. The first-order valence-corrected chi connectivity index (χ1v) is 10.4. The maximum atomic E-state index is 13.8. The van der Waals surface area contributed by atoms with Gasteiger partial charge < -0.3 is 14.5 Å². The molecule has 0 N–H and O–H groups in total. The van der Waals surface area contributed by atoms with Crippen LogP contribution in [0.3, 0.4) is 0 Å². The molecule has 1 amide bonds. The lowest BCUT2D eigenvalue weighted by Gasteiger charge is -2.34. The Hall–Kier alpha value is -2.24. The number of carbonyl (C=O) groups excluding carboxylic acids is 1. The molecule has 0 saturated carbocycles. The Kier molecular flexibility index (Phi) is 7.78. The van der Waals surface area contributed by atoms with Crippen molar-refractivity contribution in [1.82, 2.24) is 9.80 Å². The highest BCUT2D eigenvalue weighted by atomic mass is 19.1. The Morgan fingerprint density at radius 3 is 2.45 bits per heavy atom. The van der Waals surface area contributed by atoms with E-state index >= 15 is 0 Å². The molecule has 0 spiro atoms. The van der Waals surface area contributed by atoms with Crippen LogP contribution in [0.2, 0.25) is 0 Å². The van der Waals surface area contributed by atoms with Crippen LogP contribution in [0.1, 0.15) is 30.1 Å². The number of nitrogens with zero attached hydrogens (tertiary/aromatic N) is 2. The van der Waals surface area contributed by atoms with E-state index in [1.807, 2.05) is 49.5 Å². The highest BCUT2D eigenvalue weighted by Gasteiger charge is 2.27. The Balaban J connectivity index is 1.45. The van der Waals surface area contributed by atoms with Crippen molar-refractivity contribution in [2.75, 3.05) is 40.3 Å². The predicted octanol–water partition coefficient (Wildman–Crippen LogP) is 3.93. The van der Waals surface area contributed by atoms with Gasteiger partial charge in [-0.05, 0) is 55.5 Å². The van der Waals surface area contributed by atoms with Gasteiger partial charge >= 0.3 is 0 Å². The minimum Gasteiger partial charge on any atom is -0.367 e. The lowest BCUT2D eigenvalue weighted by atomic mass is 9.95. The van der Waals surface area contributed by atoms with Gasteiger partial charge in [-0.1, -0.05) is 48.5 Å². The van der Waals surface area contributed by atoms with Gasteiger partial charge in [0, 0.05) is 27.2 Å². The summed E-state index contributed by atoms with van der Waals surface area (Å²) in [7, 11) is 3.44. The molecule has 3 rings (SSSR count). The van der Waals surface area contributed by atoms with Gasteiger partial charge in [0.05, 0.1) is 0 Å². The van der Waals surface area contributed by atoms with Gasteiger partial charge in [0.25, 0.3) is 5.91 Å². The van der Waals surface area contributed by atoms with Crippen molar-refractivity contribution in [3.8, 4) is 0 Å². The zero-order valence-electron chi connectivity index (χ0n) is 17.4. The smallest absolute Gasteiger partial charge is 0.256 e. The van der Waals surface area contributed by atoms with Gasteiger partial charge in [-0.3, -0.25) is 4.79 Å². The lowest BCUT2D eigenvalue weighted by Crippen LogP contribution is -2.41. The molecule has 4 nitrogen and oxygen atoms in total. The quantitative estimate of drug-likeness (QED) is 0.676. The normalized spacial score (nSPS) is 16.5.